The molecule has 0 aliphatic heterocycles. The van der Waals surface area contributed by atoms with Crippen LogP contribution in [0.1, 0.15) is 16.1 Å². The minimum Gasteiger partial charge on any atom is -0.331 e. The van der Waals surface area contributed by atoms with Gasteiger partial charge in [-0.05, 0) is 31.3 Å². The summed E-state index contributed by atoms with van der Waals surface area (Å²) >= 11 is 5.06. The van der Waals surface area contributed by atoms with Gasteiger partial charge in [-0.25, -0.2) is 4.98 Å². The molecule has 2 rings (SSSR count). The van der Waals surface area contributed by atoms with Crippen LogP contribution in [-0.2, 0) is 0 Å². The van der Waals surface area contributed by atoms with Crippen molar-refractivity contribution in [2.75, 3.05) is 5.32 Å². The molecule has 0 radical (unpaired) electrons. The molecule has 20 heavy (non-hydrogen) atoms. The Kier molecular flexibility index (Phi) is 4.56. The number of carbonyl (C=O) groups is 1. The van der Waals surface area contributed by atoms with E-state index >= 15 is 0 Å². The van der Waals surface area contributed by atoms with Gasteiger partial charge in [0.25, 0.3) is 5.91 Å². The molecule has 7 heteroatoms. The van der Waals surface area contributed by atoms with Crippen molar-refractivity contribution < 1.29 is 4.79 Å². The number of anilines is 1. The van der Waals surface area contributed by atoms with E-state index in [1.165, 1.54) is 18.6 Å². The van der Waals surface area contributed by atoms with Gasteiger partial charge in [-0.15, -0.1) is 0 Å². The number of carbonyl (C=O) groups excluding carboxylic acids is 1. The van der Waals surface area contributed by atoms with Crippen LogP contribution >= 0.6 is 12.2 Å². The molecule has 1 aromatic carbocycles. The zero-order valence-electron chi connectivity index (χ0n) is 10.8. The van der Waals surface area contributed by atoms with Crippen molar-refractivity contribution in [2.45, 2.75) is 6.92 Å². The van der Waals surface area contributed by atoms with Gasteiger partial charge in [-0.1, -0.05) is 17.7 Å². The highest BCUT2D eigenvalue weighted by Crippen LogP contribution is 2.07. The van der Waals surface area contributed by atoms with Crippen LogP contribution in [0.4, 0.5) is 5.69 Å². The van der Waals surface area contributed by atoms with Gasteiger partial charge in [0.2, 0.25) is 0 Å². The van der Waals surface area contributed by atoms with Crippen LogP contribution in [0.25, 0.3) is 0 Å². The van der Waals surface area contributed by atoms with Gasteiger partial charge < -0.3 is 5.32 Å². The van der Waals surface area contributed by atoms with Crippen molar-refractivity contribution >= 4 is 28.9 Å². The summed E-state index contributed by atoms with van der Waals surface area (Å²) in [7, 11) is 0. The van der Waals surface area contributed by atoms with Crippen LogP contribution in [-0.4, -0.2) is 21.0 Å². The molecule has 0 spiro atoms. The zero-order valence-corrected chi connectivity index (χ0v) is 11.6. The summed E-state index contributed by atoms with van der Waals surface area (Å²) in [6.07, 6.45) is 4.30. The van der Waals surface area contributed by atoms with Gasteiger partial charge in [0, 0.05) is 18.1 Å². The summed E-state index contributed by atoms with van der Waals surface area (Å²) < 4.78 is 0. The van der Waals surface area contributed by atoms with Gasteiger partial charge in [0.1, 0.15) is 5.69 Å². The number of amides is 1. The number of nitrogens with zero attached hydrogens (tertiary/aromatic N) is 2. The topological polar surface area (TPSA) is 78.9 Å². The minimum atomic E-state index is -0.411. The standard InChI is InChI=1S/C13H13N5OS/c1-9-2-4-10(5-3-9)16-13(20)18-17-12(19)11-8-14-6-7-15-11/h2-8H,1H3,(H,17,19)(H2,16,18,20). The van der Waals surface area contributed by atoms with Crippen LogP contribution < -0.4 is 16.2 Å². The highest BCUT2D eigenvalue weighted by Gasteiger charge is 2.06. The number of aryl methyl sites for hydroxylation is 1. The van der Waals surface area contributed by atoms with Crippen LogP contribution in [0.3, 0.4) is 0 Å². The smallest absolute Gasteiger partial charge is 0.289 e. The number of hydrogen-bond donors (Lipinski definition) is 3. The summed E-state index contributed by atoms with van der Waals surface area (Å²) in [6.45, 7) is 2.00. The van der Waals surface area contributed by atoms with E-state index in [-0.39, 0.29) is 10.8 Å². The largest absolute Gasteiger partial charge is 0.331 e. The molecule has 6 nitrogen and oxygen atoms in total. The molecular formula is C13H13N5OS. The van der Waals surface area contributed by atoms with E-state index in [4.69, 9.17) is 12.2 Å². The summed E-state index contributed by atoms with van der Waals surface area (Å²) in [5.74, 6) is -0.411. The van der Waals surface area contributed by atoms with Crippen LogP contribution in [0, 0.1) is 6.92 Å². The van der Waals surface area contributed by atoms with Crippen molar-refractivity contribution in [1.82, 2.24) is 20.8 Å². The first kappa shape index (κ1) is 13.9. The quantitative estimate of drug-likeness (QED) is 0.572. The second-order valence-electron chi connectivity index (χ2n) is 3.99. The number of aromatic nitrogens is 2. The Bertz CT molecular complexity index is 600. The van der Waals surface area contributed by atoms with Crippen molar-refractivity contribution in [2.24, 2.45) is 0 Å². The van der Waals surface area contributed by atoms with Crippen molar-refractivity contribution in [3.05, 3.63) is 54.1 Å². The molecule has 0 aliphatic rings. The Labute approximate surface area is 121 Å². The van der Waals surface area contributed by atoms with Crippen LogP contribution in [0.15, 0.2) is 42.9 Å². The van der Waals surface area contributed by atoms with E-state index in [1.54, 1.807) is 0 Å². The lowest BCUT2D eigenvalue weighted by atomic mass is 10.2. The molecule has 0 atom stereocenters. The maximum atomic E-state index is 11.7. The Morgan fingerprint density at radius 2 is 1.90 bits per heavy atom. The number of rotatable bonds is 2. The molecule has 0 fully saturated rings. The number of thiocarbonyl (C=S) groups is 1. The molecule has 102 valence electrons. The first-order valence-corrected chi connectivity index (χ1v) is 6.26. The van der Waals surface area contributed by atoms with Crippen molar-refractivity contribution in [1.29, 1.82) is 0 Å². The van der Waals surface area contributed by atoms with E-state index in [9.17, 15) is 4.79 Å². The summed E-state index contributed by atoms with van der Waals surface area (Å²) in [6, 6.07) is 7.72. The second kappa shape index (κ2) is 6.58. The van der Waals surface area contributed by atoms with Gasteiger partial charge in [-0.3, -0.25) is 20.6 Å². The Hall–Kier alpha value is -2.54. The Balaban J connectivity index is 1.83. The maximum Gasteiger partial charge on any atom is 0.289 e. The van der Waals surface area contributed by atoms with Gasteiger partial charge in [0.05, 0.1) is 6.20 Å². The molecule has 3 N–H and O–H groups in total. The summed E-state index contributed by atoms with van der Waals surface area (Å²) in [5.41, 5.74) is 7.23. The third-order valence-electron chi connectivity index (χ3n) is 2.39. The monoisotopic (exact) mass is 287 g/mol. The summed E-state index contributed by atoms with van der Waals surface area (Å²) in [4.78, 5) is 19.4. The molecule has 0 aliphatic carbocycles. The Morgan fingerprint density at radius 3 is 2.55 bits per heavy atom. The van der Waals surface area contributed by atoms with E-state index in [0.29, 0.717) is 0 Å². The van der Waals surface area contributed by atoms with E-state index < -0.39 is 5.91 Å². The van der Waals surface area contributed by atoms with Crippen molar-refractivity contribution in [3.8, 4) is 0 Å². The third kappa shape index (κ3) is 3.99. The first-order chi connectivity index (χ1) is 9.65. The lowest BCUT2D eigenvalue weighted by Gasteiger charge is -2.11. The third-order valence-corrected chi connectivity index (χ3v) is 2.60. The van der Waals surface area contributed by atoms with Crippen LogP contribution in [0.2, 0.25) is 0 Å². The number of benzene rings is 1. The number of hydrazine groups is 1. The second-order valence-corrected chi connectivity index (χ2v) is 4.40. The van der Waals surface area contributed by atoms with E-state index in [0.717, 1.165) is 11.3 Å². The SMILES string of the molecule is Cc1ccc(NC(=S)NNC(=O)c2cnccn2)cc1. The average molecular weight is 287 g/mol. The first-order valence-electron chi connectivity index (χ1n) is 5.85. The summed E-state index contributed by atoms with van der Waals surface area (Å²) in [5, 5.41) is 3.23. The fourth-order valence-corrected chi connectivity index (χ4v) is 1.56. The minimum absolute atomic E-state index is 0.207. The zero-order chi connectivity index (χ0) is 14.4. The van der Waals surface area contributed by atoms with Crippen molar-refractivity contribution in [3.63, 3.8) is 0 Å². The molecule has 2 aromatic rings. The predicted molar refractivity (Wildman–Crippen MR) is 80.0 cm³/mol. The highest BCUT2D eigenvalue weighted by atomic mass is 32.1. The molecular weight excluding hydrogens is 274 g/mol. The lowest BCUT2D eigenvalue weighted by Crippen LogP contribution is -2.44. The molecule has 1 aromatic heterocycles. The molecule has 1 amide bonds. The fourth-order valence-electron chi connectivity index (χ4n) is 1.39. The molecule has 0 bridgehead atoms. The molecule has 0 saturated heterocycles. The molecule has 0 unspecified atom stereocenters. The average Bonchev–Trinajstić information content (AvgIpc) is 2.48. The van der Waals surface area contributed by atoms with Crippen LogP contribution in [0.5, 0.6) is 0 Å². The van der Waals surface area contributed by atoms with Gasteiger partial charge >= 0.3 is 0 Å². The van der Waals surface area contributed by atoms with E-state index in [2.05, 4.69) is 26.1 Å². The predicted octanol–water partition coefficient (Wildman–Crippen LogP) is 1.42. The normalized spacial score (nSPS) is 9.65. The van der Waals surface area contributed by atoms with Gasteiger partial charge in [-0.2, -0.15) is 0 Å². The van der Waals surface area contributed by atoms with Gasteiger partial charge in [0.15, 0.2) is 5.11 Å². The lowest BCUT2D eigenvalue weighted by molar-refractivity contribution is 0.0938. The molecule has 0 saturated carbocycles. The fraction of sp³-hybridized carbons (Fsp3) is 0.0769. The molecule has 1 heterocycles. The number of hydrogen-bond acceptors (Lipinski definition) is 4. The highest BCUT2D eigenvalue weighted by molar-refractivity contribution is 7.80. The Morgan fingerprint density at radius 1 is 1.15 bits per heavy atom. The maximum absolute atomic E-state index is 11.7. The number of nitrogens with one attached hydrogen (secondary N) is 3. The van der Waals surface area contributed by atoms with E-state index in [1.807, 2.05) is 31.2 Å².